The number of pyridine rings is 1. The van der Waals surface area contributed by atoms with Gasteiger partial charge in [0.2, 0.25) is 0 Å². The maximum Gasteiger partial charge on any atom is 0.350 e. The third-order valence-electron chi connectivity index (χ3n) is 3.72. The van der Waals surface area contributed by atoms with Crippen molar-refractivity contribution >= 4 is 44.9 Å². The monoisotopic (exact) mass is 369 g/mol. The molecule has 6 nitrogen and oxygen atoms in total. The molecule has 2 amide bonds. The first-order valence-corrected chi connectivity index (χ1v) is 9.02. The number of hydrogen-bond donors (Lipinski definition) is 2. The fourth-order valence-corrected chi connectivity index (χ4v) is 3.84. The summed E-state index contributed by atoms with van der Waals surface area (Å²) >= 11 is 1.22. The summed E-state index contributed by atoms with van der Waals surface area (Å²) in [5.41, 5.74) is 2.89. The number of thiophene rings is 1. The van der Waals surface area contributed by atoms with Crippen molar-refractivity contribution in [2.45, 2.75) is 20.8 Å². The molecule has 2 N–H and O–H groups in total. The number of carbonyl (C=O) groups is 2. The van der Waals surface area contributed by atoms with E-state index in [0.29, 0.717) is 21.1 Å². The van der Waals surface area contributed by atoms with E-state index in [1.54, 1.807) is 19.1 Å². The van der Waals surface area contributed by atoms with Crippen LogP contribution < -0.4 is 10.6 Å². The SMILES string of the molecule is CCOC(=O)c1sc2nc(C)cc(C)c2c1NC(=O)Nc1ccccc1. The van der Waals surface area contributed by atoms with Crippen LogP contribution in [0.15, 0.2) is 36.4 Å². The van der Waals surface area contributed by atoms with Crippen LogP contribution in [0.25, 0.3) is 10.2 Å². The van der Waals surface area contributed by atoms with Crippen LogP contribution in [0.1, 0.15) is 27.9 Å². The number of carbonyl (C=O) groups excluding carboxylic acids is 2. The van der Waals surface area contributed by atoms with Crippen molar-refractivity contribution in [1.82, 2.24) is 4.98 Å². The Bertz CT molecular complexity index is 967. The van der Waals surface area contributed by atoms with Crippen LogP contribution in [0.5, 0.6) is 0 Å². The largest absolute Gasteiger partial charge is 0.462 e. The smallest absolute Gasteiger partial charge is 0.350 e. The number of para-hydroxylation sites is 1. The molecule has 0 aliphatic heterocycles. The van der Waals surface area contributed by atoms with Crippen LogP contribution in [0.4, 0.5) is 16.2 Å². The third kappa shape index (κ3) is 3.67. The molecular formula is C19H19N3O3S. The van der Waals surface area contributed by atoms with E-state index in [2.05, 4.69) is 15.6 Å². The molecule has 0 aliphatic rings. The number of ether oxygens (including phenoxy) is 1. The second-order valence-electron chi connectivity index (χ2n) is 5.73. The molecule has 0 bridgehead atoms. The van der Waals surface area contributed by atoms with Crippen molar-refractivity contribution in [3.05, 3.63) is 52.5 Å². The standard InChI is InChI=1S/C19H19N3O3S/c1-4-25-18(23)16-15(14-11(2)10-12(3)20-17(14)26-16)22-19(24)21-13-8-6-5-7-9-13/h5-10H,4H2,1-3H3,(H2,21,22,24). The van der Waals surface area contributed by atoms with E-state index in [1.807, 2.05) is 38.1 Å². The molecular weight excluding hydrogens is 350 g/mol. The van der Waals surface area contributed by atoms with E-state index in [9.17, 15) is 9.59 Å². The predicted molar refractivity (Wildman–Crippen MR) is 104 cm³/mol. The molecule has 0 saturated carbocycles. The number of benzene rings is 1. The van der Waals surface area contributed by atoms with Crippen molar-refractivity contribution in [2.24, 2.45) is 0 Å². The second-order valence-corrected chi connectivity index (χ2v) is 6.73. The van der Waals surface area contributed by atoms with Gasteiger partial charge in [0.05, 0.1) is 12.3 Å². The van der Waals surface area contributed by atoms with E-state index >= 15 is 0 Å². The van der Waals surface area contributed by atoms with Crippen LogP contribution in [0.2, 0.25) is 0 Å². The zero-order chi connectivity index (χ0) is 18.7. The molecule has 26 heavy (non-hydrogen) atoms. The Morgan fingerprint density at radius 1 is 1.15 bits per heavy atom. The molecule has 2 heterocycles. The number of fused-ring (bicyclic) bond motifs is 1. The first kappa shape index (κ1) is 17.9. The second kappa shape index (κ2) is 7.53. The molecule has 1 aromatic carbocycles. The lowest BCUT2D eigenvalue weighted by Crippen LogP contribution is -2.20. The summed E-state index contributed by atoms with van der Waals surface area (Å²) in [5.74, 6) is -0.470. The van der Waals surface area contributed by atoms with Gasteiger partial charge < -0.3 is 15.4 Å². The van der Waals surface area contributed by atoms with Gasteiger partial charge in [0.25, 0.3) is 0 Å². The quantitative estimate of drug-likeness (QED) is 0.651. The van der Waals surface area contributed by atoms with Gasteiger partial charge in [0.1, 0.15) is 9.71 Å². The Morgan fingerprint density at radius 3 is 2.58 bits per heavy atom. The minimum Gasteiger partial charge on any atom is -0.462 e. The van der Waals surface area contributed by atoms with Crippen molar-refractivity contribution < 1.29 is 14.3 Å². The number of amides is 2. The lowest BCUT2D eigenvalue weighted by molar-refractivity contribution is 0.0533. The fraction of sp³-hybridized carbons (Fsp3) is 0.211. The van der Waals surface area contributed by atoms with Crippen LogP contribution in [0, 0.1) is 13.8 Å². The number of urea groups is 1. The molecule has 134 valence electrons. The Morgan fingerprint density at radius 2 is 1.88 bits per heavy atom. The highest BCUT2D eigenvalue weighted by atomic mass is 32.1. The van der Waals surface area contributed by atoms with Crippen molar-refractivity contribution in [3.63, 3.8) is 0 Å². The van der Waals surface area contributed by atoms with Gasteiger partial charge in [0.15, 0.2) is 0 Å². The van der Waals surface area contributed by atoms with E-state index in [-0.39, 0.29) is 6.61 Å². The fourth-order valence-electron chi connectivity index (χ4n) is 2.70. The van der Waals surface area contributed by atoms with Gasteiger partial charge in [-0.25, -0.2) is 14.6 Å². The van der Waals surface area contributed by atoms with Crippen LogP contribution in [0.3, 0.4) is 0 Å². The first-order valence-electron chi connectivity index (χ1n) is 8.20. The number of aromatic nitrogens is 1. The van der Waals surface area contributed by atoms with Gasteiger partial charge in [-0.2, -0.15) is 0 Å². The highest BCUT2D eigenvalue weighted by Crippen LogP contribution is 2.37. The first-order chi connectivity index (χ1) is 12.5. The molecule has 7 heteroatoms. The molecule has 0 fully saturated rings. The van der Waals surface area contributed by atoms with Gasteiger partial charge >= 0.3 is 12.0 Å². The number of esters is 1. The van der Waals surface area contributed by atoms with E-state index in [1.165, 1.54) is 11.3 Å². The Balaban J connectivity index is 2.00. The normalized spacial score (nSPS) is 10.6. The Hall–Kier alpha value is -2.93. The summed E-state index contributed by atoms with van der Waals surface area (Å²) in [5, 5.41) is 6.31. The highest BCUT2D eigenvalue weighted by Gasteiger charge is 2.23. The minimum absolute atomic E-state index is 0.258. The molecule has 0 spiro atoms. The van der Waals surface area contributed by atoms with Crippen molar-refractivity contribution in [2.75, 3.05) is 17.2 Å². The number of aryl methyl sites for hydroxylation is 2. The summed E-state index contributed by atoms with van der Waals surface area (Å²) in [7, 11) is 0. The summed E-state index contributed by atoms with van der Waals surface area (Å²) in [6.45, 7) is 5.83. The predicted octanol–water partition coefficient (Wildman–Crippen LogP) is 4.73. The number of hydrogen-bond acceptors (Lipinski definition) is 5. The number of nitrogens with zero attached hydrogens (tertiary/aromatic N) is 1. The Labute approximate surface area is 155 Å². The summed E-state index contributed by atoms with van der Waals surface area (Å²) in [4.78, 5) is 30.3. The molecule has 0 aliphatic carbocycles. The molecule has 2 aromatic heterocycles. The summed E-state index contributed by atoms with van der Waals surface area (Å²) < 4.78 is 5.14. The van der Waals surface area contributed by atoms with Gasteiger partial charge in [-0.15, -0.1) is 11.3 Å². The number of nitrogens with one attached hydrogen (secondary N) is 2. The zero-order valence-corrected chi connectivity index (χ0v) is 15.6. The summed E-state index contributed by atoms with van der Waals surface area (Å²) in [6, 6.07) is 10.6. The highest BCUT2D eigenvalue weighted by molar-refractivity contribution is 7.21. The lowest BCUT2D eigenvalue weighted by atomic mass is 10.1. The van der Waals surface area contributed by atoms with E-state index in [4.69, 9.17) is 4.74 Å². The van der Waals surface area contributed by atoms with Crippen LogP contribution in [-0.4, -0.2) is 23.6 Å². The maximum atomic E-state index is 12.4. The number of rotatable bonds is 4. The summed E-state index contributed by atoms with van der Waals surface area (Å²) in [6.07, 6.45) is 0. The van der Waals surface area contributed by atoms with Gasteiger partial charge in [-0.05, 0) is 44.5 Å². The third-order valence-corrected chi connectivity index (χ3v) is 4.78. The van der Waals surface area contributed by atoms with E-state index < -0.39 is 12.0 Å². The van der Waals surface area contributed by atoms with Crippen LogP contribution >= 0.6 is 11.3 Å². The van der Waals surface area contributed by atoms with Crippen LogP contribution in [-0.2, 0) is 4.74 Å². The van der Waals surface area contributed by atoms with E-state index in [0.717, 1.165) is 16.6 Å². The maximum absolute atomic E-state index is 12.4. The average Bonchev–Trinajstić information content (AvgIpc) is 2.94. The van der Waals surface area contributed by atoms with Crippen molar-refractivity contribution in [1.29, 1.82) is 0 Å². The topological polar surface area (TPSA) is 80.3 Å². The number of anilines is 2. The average molecular weight is 369 g/mol. The molecule has 0 atom stereocenters. The minimum atomic E-state index is -0.470. The van der Waals surface area contributed by atoms with Crippen molar-refractivity contribution in [3.8, 4) is 0 Å². The Kier molecular flexibility index (Phi) is 5.18. The molecule has 0 radical (unpaired) electrons. The molecule has 3 aromatic rings. The van der Waals surface area contributed by atoms with Gasteiger partial charge in [-0.1, -0.05) is 18.2 Å². The molecule has 0 saturated heterocycles. The van der Waals surface area contributed by atoms with Gasteiger partial charge in [-0.3, -0.25) is 0 Å². The zero-order valence-electron chi connectivity index (χ0n) is 14.8. The molecule has 3 rings (SSSR count). The molecule has 0 unspecified atom stereocenters. The van der Waals surface area contributed by atoms with Gasteiger partial charge in [0, 0.05) is 16.8 Å². The lowest BCUT2D eigenvalue weighted by Gasteiger charge is -2.10.